The number of imidazole rings is 1. The first-order chi connectivity index (χ1) is 9.33. The van der Waals surface area contributed by atoms with Crippen LogP contribution >= 0.6 is 11.6 Å². The minimum atomic E-state index is 0.416. The van der Waals surface area contributed by atoms with Crippen LogP contribution in [-0.2, 0) is 10.6 Å². The molecular weight excluding hydrogens is 264 g/mol. The van der Waals surface area contributed by atoms with Crippen molar-refractivity contribution in [2.24, 2.45) is 0 Å². The summed E-state index contributed by atoms with van der Waals surface area (Å²) in [4.78, 5) is 4.62. The van der Waals surface area contributed by atoms with Crippen molar-refractivity contribution in [3.63, 3.8) is 0 Å². The van der Waals surface area contributed by atoms with Crippen LogP contribution < -0.4 is 4.74 Å². The number of methoxy groups -OCH3 is 1. The number of hydrogen-bond acceptors (Lipinski definition) is 3. The van der Waals surface area contributed by atoms with E-state index >= 15 is 0 Å². The highest BCUT2D eigenvalue weighted by atomic mass is 35.5. The summed E-state index contributed by atoms with van der Waals surface area (Å²) in [6.07, 6.45) is 2.01. The number of fused-ring (bicyclic) bond motifs is 1. The number of hydrogen-bond donors (Lipinski definition) is 0. The van der Waals surface area contributed by atoms with E-state index in [9.17, 15) is 0 Å². The third-order valence-corrected chi connectivity index (χ3v) is 3.88. The van der Waals surface area contributed by atoms with Gasteiger partial charge in [0.2, 0.25) is 0 Å². The van der Waals surface area contributed by atoms with Gasteiger partial charge in [-0.15, -0.1) is 11.6 Å². The largest absolute Gasteiger partial charge is 0.497 e. The Morgan fingerprint density at radius 1 is 1.42 bits per heavy atom. The minimum Gasteiger partial charge on any atom is -0.497 e. The van der Waals surface area contributed by atoms with Gasteiger partial charge in [-0.25, -0.2) is 4.98 Å². The normalized spacial score (nSPS) is 16.9. The summed E-state index contributed by atoms with van der Waals surface area (Å²) in [6.45, 7) is 1.60. The van der Waals surface area contributed by atoms with E-state index in [1.165, 1.54) is 0 Å². The highest BCUT2D eigenvalue weighted by Crippen LogP contribution is 2.30. The second kappa shape index (κ2) is 5.39. The van der Waals surface area contributed by atoms with Crippen LogP contribution in [0.1, 0.15) is 24.7 Å². The molecule has 1 aromatic heterocycles. The van der Waals surface area contributed by atoms with Crippen molar-refractivity contribution in [3.05, 3.63) is 24.0 Å². The summed E-state index contributed by atoms with van der Waals surface area (Å²) in [5.74, 6) is 2.20. The first-order valence-electron chi connectivity index (χ1n) is 6.52. The van der Waals surface area contributed by atoms with Crippen molar-refractivity contribution in [2.45, 2.75) is 24.8 Å². The number of halogens is 1. The summed E-state index contributed by atoms with van der Waals surface area (Å²) >= 11 is 6.05. The second-order valence-electron chi connectivity index (χ2n) is 4.73. The molecule has 1 aromatic carbocycles. The van der Waals surface area contributed by atoms with Crippen LogP contribution in [0.4, 0.5) is 0 Å². The fraction of sp³-hybridized carbons (Fsp3) is 0.500. The molecule has 0 atom stereocenters. The van der Waals surface area contributed by atoms with E-state index in [-0.39, 0.29) is 0 Å². The standard InChI is InChI=1S/C14H17ClN2O2/c1-18-11-2-3-12-13(8-11)17(14(9-15)16-12)10-4-6-19-7-5-10/h2-3,8,10H,4-7,9H2,1H3. The summed E-state index contributed by atoms with van der Waals surface area (Å²) in [5.41, 5.74) is 2.07. The smallest absolute Gasteiger partial charge is 0.125 e. The molecule has 0 bridgehead atoms. The van der Waals surface area contributed by atoms with Crippen LogP contribution in [0.15, 0.2) is 18.2 Å². The van der Waals surface area contributed by atoms with E-state index in [0.717, 1.165) is 48.7 Å². The maximum atomic E-state index is 6.05. The van der Waals surface area contributed by atoms with Gasteiger partial charge in [-0.2, -0.15) is 0 Å². The molecule has 1 saturated heterocycles. The van der Waals surface area contributed by atoms with Gasteiger partial charge >= 0.3 is 0 Å². The molecule has 0 N–H and O–H groups in total. The molecule has 1 fully saturated rings. The fourth-order valence-corrected chi connectivity index (χ4v) is 2.88. The maximum Gasteiger partial charge on any atom is 0.125 e. The SMILES string of the molecule is COc1ccc2nc(CCl)n(C3CCOCC3)c2c1. The monoisotopic (exact) mass is 280 g/mol. The van der Waals surface area contributed by atoms with E-state index < -0.39 is 0 Å². The molecule has 3 rings (SSSR count). The summed E-state index contributed by atoms with van der Waals surface area (Å²) < 4.78 is 13.0. The van der Waals surface area contributed by atoms with Gasteiger partial charge in [0.05, 0.1) is 24.0 Å². The molecule has 1 aliphatic heterocycles. The second-order valence-corrected chi connectivity index (χ2v) is 5.00. The van der Waals surface area contributed by atoms with Crippen molar-refractivity contribution in [1.29, 1.82) is 0 Å². The third-order valence-electron chi connectivity index (χ3n) is 3.65. The summed E-state index contributed by atoms with van der Waals surface area (Å²) in [6, 6.07) is 6.37. The van der Waals surface area contributed by atoms with Gasteiger partial charge in [-0.1, -0.05) is 0 Å². The van der Waals surface area contributed by atoms with Crippen molar-refractivity contribution < 1.29 is 9.47 Å². The number of aromatic nitrogens is 2. The van der Waals surface area contributed by atoms with Gasteiger partial charge < -0.3 is 14.0 Å². The van der Waals surface area contributed by atoms with Gasteiger partial charge in [0, 0.05) is 25.3 Å². The lowest BCUT2D eigenvalue weighted by atomic mass is 10.1. The number of ether oxygens (including phenoxy) is 2. The molecule has 5 heteroatoms. The minimum absolute atomic E-state index is 0.416. The molecule has 1 aliphatic rings. The van der Waals surface area contributed by atoms with Gasteiger partial charge in [-0.3, -0.25) is 0 Å². The molecular formula is C14H17ClN2O2. The number of nitrogens with zero attached hydrogens (tertiary/aromatic N) is 2. The predicted octanol–water partition coefficient (Wildman–Crippen LogP) is 3.14. The molecule has 0 unspecified atom stereocenters. The summed E-state index contributed by atoms with van der Waals surface area (Å²) in [7, 11) is 1.68. The molecule has 2 heterocycles. The van der Waals surface area contributed by atoms with E-state index in [1.807, 2.05) is 18.2 Å². The Morgan fingerprint density at radius 2 is 2.21 bits per heavy atom. The average Bonchev–Trinajstić information content (AvgIpc) is 2.85. The zero-order valence-electron chi connectivity index (χ0n) is 10.9. The maximum absolute atomic E-state index is 6.05. The Kier molecular flexibility index (Phi) is 3.62. The third kappa shape index (κ3) is 2.30. The lowest BCUT2D eigenvalue weighted by molar-refractivity contribution is 0.0700. The molecule has 0 amide bonds. The van der Waals surface area contributed by atoms with Crippen molar-refractivity contribution >= 4 is 22.6 Å². The predicted molar refractivity (Wildman–Crippen MR) is 74.9 cm³/mol. The highest BCUT2D eigenvalue weighted by Gasteiger charge is 2.21. The van der Waals surface area contributed by atoms with Crippen LogP contribution in [0.3, 0.4) is 0 Å². The lowest BCUT2D eigenvalue weighted by Crippen LogP contribution is -2.20. The molecule has 0 radical (unpaired) electrons. The zero-order chi connectivity index (χ0) is 13.2. The van der Waals surface area contributed by atoms with Crippen LogP contribution in [0.2, 0.25) is 0 Å². The first-order valence-corrected chi connectivity index (χ1v) is 7.05. The fourth-order valence-electron chi connectivity index (χ4n) is 2.69. The van der Waals surface area contributed by atoms with Gasteiger partial charge in [0.25, 0.3) is 0 Å². The van der Waals surface area contributed by atoms with Gasteiger partial charge in [-0.05, 0) is 25.0 Å². The van der Waals surface area contributed by atoms with Crippen molar-refractivity contribution in [2.75, 3.05) is 20.3 Å². The summed E-state index contributed by atoms with van der Waals surface area (Å²) in [5, 5.41) is 0. The van der Waals surface area contributed by atoms with Crippen LogP contribution in [0, 0.1) is 0 Å². The van der Waals surface area contributed by atoms with E-state index in [2.05, 4.69) is 9.55 Å². The Labute approximate surface area is 117 Å². The molecule has 102 valence electrons. The molecule has 2 aromatic rings. The Hall–Kier alpha value is -1.26. The molecule has 0 saturated carbocycles. The molecule has 0 spiro atoms. The van der Waals surface area contributed by atoms with E-state index in [0.29, 0.717) is 11.9 Å². The quantitative estimate of drug-likeness (QED) is 0.811. The average molecular weight is 281 g/mol. The Morgan fingerprint density at radius 3 is 2.89 bits per heavy atom. The zero-order valence-corrected chi connectivity index (χ0v) is 11.7. The first kappa shape index (κ1) is 12.8. The molecule has 4 nitrogen and oxygen atoms in total. The van der Waals surface area contributed by atoms with Gasteiger partial charge in [0.15, 0.2) is 0 Å². The molecule has 0 aliphatic carbocycles. The lowest BCUT2D eigenvalue weighted by Gasteiger charge is -2.25. The van der Waals surface area contributed by atoms with Crippen molar-refractivity contribution in [1.82, 2.24) is 9.55 Å². The van der Waals surface area contributed by atoms with E-state index in [4.69, 9.17) is 21.1 Å². The van der Waals surface area contributed by atoms with Crippen LogP contribution in [-0.4, -0.2) is 29.9 Å². The van der Waals surface area contributed by atoms with Crippen LogP contribution in [0.5, 0.6) is 5.75 Å². The number of alkyl halides is 1. The Balaban J connectivity index is 2.12. The highest BCUT2D eigenvalue weighted by molar-refractivity contribution is 6.16. The molecule has 19 heavy (non-hydrogen) atoms. The van der Waals surface area contributed by atoms with E-state index in [1.54, 1.807) is 7.11 Å². The number of rotatable bonds is 3. The van der Waals surface area contributed by atoms with Crippen molar-refractivity contribution in [3.8, 4) is 5.75 Å². The Bertz CT molecular complexity index is 576. The topological polar surface area (TPSA) is 36.3 Å². The number of benzene rings is 1. The van der Waals surface area contributed by atoms with Crippen LogP contribution in [0.25, 0.3) is 11.0 Å². The van der Waals surface area contributed by atoms with Gasteiger partial charge in [0.1, 0.15) is 11.6 Å².